The number of carbonyl (C=O) groups is 4. The number of unbranched alkanes of at least 4 members (excludes halogenated alkanes) is 25. The minimum atomic E-state index is -5.01. The zero-order valence-electron chi connectivity index (χ0n) is 64.9. The van der Waals surface area contributed by atoms with Gasteiger partial charge in [-0.15, -0.1) is 0 Å². The minimum absolute atomic E-state index is 0.0860. The van der Waals surface area contributed by atoms with Gasteiger partial charge in [-0.2, -0.15) is 0 Å². The van der Waals surface area contributed by atoms with Crippen molar-refractivity contribution in [2.24, 2.45) is 0 Å². The molecule has 104 heavy (non-hydrogen) atoms. The maximum Gasteiger partial charge on any atom is 0.472 e. The molecule has 5 atom stereocenters. The van der Waals surface area contributed by atoms with Gasteiger partial charge in [0.1, 0.15) is 19.3 Å². The Morgan fingerprint density at radius 3 is 0.875 bits per heavy atom. The Labute approximate surface area is 630 Å². The summed E-state index contributed by atoms with van der Waals surface area (Å²) in [5.74, 6) is -2.36. The summed E-state index contributed by atoms with van der Waals surface area (Å²) in [6, 6.07) is 0. The van der Waals surface area contributed by atoms with Crippen LogP contribution in [0.2, 0.25) is 0 Å². The number of allylic oxidation sites excluding steroid dienone is 23. The van der Waals surface area contributed by atoms with Crippen molar-refractivity contribution in [3.8, 4) is 0 Å². The van der Waals surface area contributed by atoms with E-state index >= 15 is 0 Å². The van der Waals surface area contributed by atoms with Crippen molar-refractivity contribution in [1.82, 2.24) is 0 Å². The molecule has 19 heteroatoms. The molecule has 0 saturated heterocycles. The average Bonchev–Trinajstić information content (AvgIpc) is 0.910. The topological polar surface area (TPSA) is 237 Å². The molecule has 0 aromatic rings. The predicted molar refractivity (Wildman–Crippen MR) is 427 cm³/mol. The molecule has 3 N–H and O–H groups in total. The first-order valence-corrected chi connectivity index (χ1v) is 43.1. The molecule has 0 rings (SSSR count). The van der Waals surface area contributed by atoms with Crippen LogP contribution in [0.5, 0.6) is 0 Å². The first kappa shape index (κ1) is 98.9. The zero-order chi connectivity index (χ0) is 76.0. The van der Waals surface area contributed by atoms with E-state index in [4.69, 9.17) is 37.0 Å². The van der Waals surface area contributed by atoms with Crippen molar-refractivity contribution < 1.29 is 80.2 Å². The fraction of sp³-hybridized carbons (Fsp3) is 0.671. The van der Waals surface area contributed by atoms with Gasteiger partial charge in [-0.3, -0.25) is 37.3 Å². The third-order valence-electron chi connectivity index (χ3n) is 16.3. The Morgan fingerprint density at radius 2 is 0.538 bits per heavy atom. The van der Waals surface area contributed by atoms with Crippen molar-refractivity contribution in [2.75, 3.05) is 39.6 Å². The molecule has 0 heterocycles. The summed E-state index contributed by atoms with van der Waals surface area (Å²) in [6.45, 7) is 4.47. The van der Waals surface area contributed by atoms with E-state index in [-0.39, 0.29) is 25.7 Å². The molecule has 17 nitrogen and oxygen atoms in total. The van der Waals surface area contributed by atoms with Crippen LogP contribution in [-0.4, -0.2) is 96.7 Å². The third kappa shape index (κ3) is 75.2. The first-order valence-electron chi connectivity index (χ1n) is 40.1. The van der Waals surface area contributed by atoms with E-state index in [9.17, 15) is 43.2 Å². The first-order chi connectivity index (χ1) is 50.7. The smallest absolute Gasteiger partial charge is 0.462 e. The lowest BCUT2D eigenvalue weighted by Gasteiger charge is -2.21. The Morgan fingerprint density at radius 1 is 0.288 bits per heavy atom. The molecule has 0 aliphatic rings. The van der Waals surface area contributed by atoms with Crippen molar-refractivity contribution in [2.45, 2.75) is 329 Å². The van der Waals surface area contributed by atoms with Gasteiger partial charge in [-0.1, -0.05) is 302 Å². The normalized spacial score (nSPS) is 14.6. The molecule has 0 fully saturated rings. The number of phosphoric acid groups is 2. The highest BCUT2D eigenvalue weighted by Gasteiger charge is 2.30. The van der Waals surface area contributed by atoms with E-state index in [2.05, 4.69) is 149 Å². The molecule has 0 aliphatic carbocycles. The number of ether oxygens (including phenoxy) is 4. The van der Waals surface area contributed by atoms with Crippen LogP contribution in [0.15, 0.2) is 146 Å². The average molecular weight is 1500 g/mol. The number of esters is 4. The molecule has 5 unspecified atom stereocenters. The van der Waals surface area contributed by atoms with Crippen LogP contribution in [0.3, 0.4) is 0 Å². The molecule has 0 spiro atoms. The maximum absolute atomic E-state index is 13.1. The quantitative estimate of drug-likeness (QED) is 0.0169. The molecule has 0 saturated carbocycles. The van der Waals surface area contributed by atoms with Gasteiger partial charge in [0.2, 0.25) is 0 Å². The molecule has 0 aromatic carbocycles. The summed E-state index contributed by atoms with van der Waals surface area (Å²) in [6.07, 6.45) is 87.1. The number of aliphatic hydroxyl groups excluding tert-OH is 1. The van der Waals surface area contributed by atoms with Crippen LogP contribution in [0.4, 0.5) is 0 Å². The van der Waals surface area contributed by atoms with Crippen LogP contribution in [0.25, 0.3) is 0 Å². The number of carbonyl (C=O) groups excluding carboxylic acids is 4. The number of hydrogen-bond acceptors (Lipinski definition) is 15. The van der Waals surface area contributed by atoms with Gasteiger partial charge < -0.3 is 33.8 Å². The summed E-state index contributed by atoms with van der Waals surface area (Å²) in [5.41, 5.74) is 0. The van der Waals surface area contributed by atoms with Gasteiger partial charge in [0.05, 0.1) is 32.8 Å². The second kappa shape index (κ2) is 76.1. The second-order valence-electron chi connectivity index (χ2n) is 26.3. The summed E-state index contributed by atoms with van der Waals surface area (Å²) < 4.78 is 68.4. The molecular weight excluding hydrogens is 1350 g/mol. The lowest BCUT2D eigenvalue weighted by Crippen LogP contribution is -2.30. The summed E-state index contributed by atoms with van der Waals surface area (Å²) in [5, 5.41) is 10.6. The summed E-state index contributed by atoms with van der Waals surface area (Å²) >= 11 is 0. The molecule has 0 radical (unpaired) electrons. The minimum Gasteiger partial charge on any atom is -0.462 e. The summed E-state index contributed by atoms with van der Waals surface area (Å²) in [7, 11) is -10.0. The molecule has 594 valence electrons. The van der Waals surface area contributed by atoms with Crippen LogP contribution in [0.1, 0.15) is 310 Å². The van der Waals surface area contributed by atoms with Crippen LogP contribution in [-0.2, 0) is 65.4 Å². The maximum atomic E-state index is 13.1. The van der Waals surface area contributed by atoms with Crippen molar-refractivity contribution >= 4 is 39.5 Å². The number of hydrogen-bond donors (Lipinski definition) is 3. The van der Waals surface area contributed by atoms with Gasteiger partial charge in [0.15, 0.2) is 12.2 Å². The van der Waals surface area contributed by atoms with Crippen LogP contribution < -0.4 is 0 Å². The number of aliphatic hydroxyl groups is 1. The molecule has 0 bridgehead atoms. The SMILES string of the molecule is CC/C=C\C/C=C\C/C=C\C/C=C\C/C=C\CC(=O)OC(COC(=O)CCCCCCCC/C=C\C/C=C\C/C=C\CCCCC)COP(=O)(O)OCC(O)COP(=O)(O)OCC(COC(=O)CCCCCC/C=C\C/C=C\C/C=C\C/C=C\CC)OC(=O)CCCCCCCCCCCCCCC. The van der Waals surface area contributed by atoms with Crippen LogP contribution >= 0.6 is 15.6 Å². The van der Waals surface area contributed by atoms with E-state index in [1.54, 1.807) is 12.2 Å². The highest BCUT2D eigenvalue weighted by Crippen LogP contribution is 2.45. The largest absolute Gasteiger partial charge is 0.472 e. The standard InChI is InChI=1S/C85H142O17P2/c1-5-9-13-17-21-25-29-33-36-38-39-41-44-47-50-54-58-62-66-70-83(88)96-76-81(102-85(90)72-68-64-60-56-52-48-42-35-31-27-23-19-15-11-7-3)78-100-104(93,94)98-74-79(86)73-97-103(91,92)99-77-80(101-84(89)71-67-63-59-55-51-45-32-28-24-20-16-12-8-4)75-95-82(87)69-65-61-57-53-49-46-43-40-37-34-30-26-22-18-14-10-6-2/h10-11,14-15,21-23,25-27,33-37,39,41-43,46,52,56,64,68,79-81,86H,5-9,12-13,16-20,24,28-32,38,40,44-45,47-51,53-55,57-63,65-67,69-78H2,1-4H3,(H,91,92)(H,93,94)/b14-10-,15-11-,25-21-,26-22-,27-23-,36-33-,37-34-,41-39-,42-35-,46-43-,56-52-,68-64-. The van der Waals surface area contributed by atoms with Gasteiger partial charge in [0.25, 0.3) is 0 Å². The molecule has 0 aliphatic heterocycles. The van der Waals surface area contributed by atoms with Gasteiger partial charge >= 0.3 is 39.5 Å². The Balaban J connectivity index is 5.44. The fourth-order valence-corrected chi connectivity index (χ4v) is 11.9. The second-order valence-corrected chi connectivity index (χ2v) is 29.2. The number of phosphoric ester groups is 2. The lowest BCUT2D eigenvalue weighted by molar-refractivity contribution is -0.161. The van der Waals surface area contributed by atoms with Crippen molar-refractivity contribution in [3.05, 3.63) is 146 Å². The highest BCUT2D eigenvalue weighted by atomic mass is 31.2. The number of rotatable bonds is 74. The highest BCUT2D eigenvalue weighted by molar-refractivity contribution is 7.47. The fourth-order valence-electron chi connectivity index (χ4n) is 10.3. The van der Waals surface area contributed by atoms with E-state index in [0.29, 0.717) is 25.7 Å². The van der Waals surface area contributed by atoms with E-state index in [0.717, 1.165) is 161 Å². The van der Waals surface area contributed by atoms with E-state index < -0.39 is 97.5 Å². The van der Waals surface area contributed by atoms with Crippen molar-refractivity contribution in [3.63, 3.8) is 0 Å². The Hall–Kier alpha value is -5.06. The van der Waals surface area contributed by atoms with E-state index in [1.807, 2.05) is 12.2 Å². The Kier molecular flexibility index (Phi) is 72.4. The van der Waals surface area contributed by atoms with Crippen LogP contribution in [0, 0.1) is 0 Å². The third-order valence-corrected chi connectivity index (χ3v) is 18.2. The van der Waals surface area contributed by atoms with Gasteiger partial charge in [0, 0.05) is 19.3 Å². The predicted octanol–water partition coefficient (Wildman–Crippen LogP) is 23.4. The zero-order valence-corrected chi connectivity index (χ0v) is 66.7. The molecular formula is C85H142O17P2. The van der Waals surface area contributed by atoms with Gasteiger partial charge in [-0.25, -0.2) is 9.13 Å². The summed E-state index contributed by atoms with van der Waals surface area (Å²) in [4.78, 5) is 73.0. The molecule has 0 aromatic heterocycles. The van der Waals surface area contributed by atoms with E-state index in [1.165, 1.54) is 70.6 Å². The molecule has 0 amide bonds. The monoisotopic (exact) mass is 1500 g/mol. The van der Waals surface area contributed by atoms with Crippen molar-refractivity contribution in [1.29, 1.82) is 0 Å². The van der Waals surface area contributed by atoms with Gasteiger partial charge in [-0.05, 0) is 128 Å². The lowest BCUT2D eigenvalue weighted by atomic mass is 10.0. The Bertz CT molecular complexity index is 2540.